The maximum Gasteiger partial charge on any atom is 0.252 e. The van der Waals surface area contributed by atoms with Crippen LogP contribution in [-0.2, 0) is 0 Å². The summed E-state index contributed by atoms with van der Waals surface area (Å²) in [7, 11) is 0. The Bertz CT molecular complexity index is 288. The van der Waals surface area contributed by atoms with Crippen LogP contribution in [0.3, 0.4) is 0 Å². The van der Waals surface area contributed by atoms with Crippen molar-refractivity contribution < 1.29 is 4.79 Å². The van der Waals surface area contributed by atoms with Crippen LogP contribution in [0, 0.1) is 5.92 Å². The van der Waals surface area contributed by atoms with Crippen LogP contribution in [-0.4, -0.2) is 30.5 Å². The topological polar surface area (TPSA) is 56.9 Å². The highest BCUT2D eigenvalue weighted by Crippen LogP contribution is 2.05. The largest absolute Gasteiger partial charge is 0.367 e. The van der Waals surface area contributed by atoms with Crippen molar-refractivity contribution in [2.75, 3.05) is 19.6 Å². The molecule has 4 nitrogen and oxygen atoms in total. The zero-order chi connectivity index (χ0) is 9.80. The molecule has 1 unspecified atom stereocenters. The SMILES string of the molecule is O=C(NCC1CCNC1)c1cc[nH]c1. The summed E-state index contributed by atoms with van der Waals surface area (Å²) < 4.78 is 0. The van der Waals surface area contributed by atoms with Gasteiger partial charge < -0.3 is 15.6 Å². The molecule has 1 aromatic rings. The summed E-state index contributed by atoms with van der Waals surface area (Å²) in [6, 6.07) is 1.78. The molecule has 0 radical (unpaired) electrons. The normalized spacial score (nSPS) is 21.0. The van der Waals surface area contributed by atoms with E-state index in [0.29, 0.717) is 11.5 Å². The van der Waals surface area contributed by atoms with Crippen molar-refractivity contribution in [3.8, 4) is 0 Å². The van der Waals surface area contributed by atoms with E-state index in [9.17, 15) is 4.79 Å². The Balaban J connectivity index is 1.78. The summed E-state index contributed by atoms with van der Waals surface area (Å²) in [5.74, 6) is 0.607. The van der Waals surface area contributed by atoms with Crippen molar-refractivity contribution >= 4 is 5.91 Å². The molecule has 14 heavy (non-hydrogen) atoms. The molecule has 0 aromatic carbocycles. The number of nitrogens with one attached hydrogen (secondary N) is 3. The molecule has 3 N–H and O–H groups in total. The molecular formula is C10H15N3O. The zero-order valence-corrected chi connectivity index (χ0v) is 8.05. The van der Waals surface area contributed by atoms with Gasteiger partial charge in [0.15, 0.2) is 0 Å². The van der Waals surface area contributed by atoms with Crippen molar-refractivity contribution in [2.45, 2.75) is 6.42 Å². The number of H-pyrrole nitrogens is 1. The van der Waals surface area contributed by atoms with Gasteiger partial charge in [-0.3, -0.25) is 4.79 Å². The first-order valence-corrected chi connectivity index (χ1v) is 4.98. The van der Waals surface area contributed by atoms with Crippen LogP contribution in [0.2, 0.25) is 0 Å². The van der Waals surface area contributed by atoms with Crippen molar-refractivity contribution in [3.63, 3.8) is 0 Å². The maximum absolute atomic E-state index is 11.5. The molecule has 0 spiro atoms. The first-order valence-electron chi connectivity index (χ1n) is 4.98. The van der Waals surface area contributed by atoms with Gasteiger partial charge in [0.25, 0.3) is 5.91 Å². The molecule has 1 saturated heterocycles. The quantitative estimate of drug-likeness (QED) is 0.649. The predicted octanol–water partition coefficient (Wildman–Crippen LogP) is 0.354. The second-order valence-corrected chi connectivity index (χ2v) is 3.67. The first-order chi connectivity index (χ1) is 6.86. The van der Waals surface area contributed by atoms with Gasteiger partial charge in [-0.1, -0.05) is 0 Å². The summed E-state index contributed by atoms with van der Waals surface area (Å²) in [5.41, 5.74) is 0.705. The van der Waals surface area contributed by atoms with E-state index >= 15 is 0 Å². The van der Waals surface area contributed by atoms with Gasteiger partial charge in [0.1, 0.15) is 0 Å². The molecule has 4 heteroatoms. The highest BCUT2D eigenvalue weighted by Gasteiger charge is 2.15. The molecule has 1 fully saturated rings. The van der Waals surface area contributed by atoms with Gasteiger partial charge in [0.05, 0.1) is 5.56 Å². The molecule has 1 aliphatic rings. The molecule has 76 valence electrons. The lowest BCUT2D eigenvalue weighted by molar-refractivity contribution is 0.0948. The second kappa shape index (κ2) is 4.28. The first kappa shape index (κ1) is 9.27. The van der Waals surface area contributed by atoms with E-state index in [1.165, 1.54) is 0 Å². The average Bonchev–Trinajstić information content (AvgIpc) is 2.87. The molecule has 1 aliphatic heterocycles. The summed E-state index contributed by atoms with van der Waals surface area (Å²) in [6.45, 7) is 2.87. The molecule has 0 bridgehead atoms. The number of hydrogen-bond acceptors (Lipinski definition) is 2. The summed E-state index contributed by atoms with van der Waals surface area (Å²) in [5, 5.41) is 6.20. The number of carbonyl (C=O) groups is 1. The molecule has 0 saturated carbocycles. The minimum atomic E-state index is 0.0122. The van der Waals surface area contributed by atoms with Crippen LogP contribution >= 0.6 is 0 Å². The Morgan fingerprint density at radius 1 is 1.64 bits per heavy atom. The van der Waals surface area contributed by atoms with Gasteiger partial charge >= 0.3 is 0 Å². The van der Waals surface area contributed by atoms with Crippen LogP contribution < -0.4 is 10.6 Å². The number of amides is 1. The Morgan fingerprint density at radius 3 is 3.21 bits per heavy atom. The molecular weight excluding hydrogens is 178 g/mol. The number of rotatable bonds is 3. The van der Waals surface area contributed by atoms with E-state index in [1.54, 1.807) is 18.5 Å². The predicted molar refractivity (Wildman–Crippen MR) is 54.1 cm³/mol. The summed E-state index contributed by atoms with van der Waals surface area (Å²) >= 11 is 0. The Labute approximate surface area is 83.1 Å². The number of hydrogen-bond donors (Lipinski definition) is 3. The van der Waals surface area contributed by atoms with E-state index in [2.05, 4.69) is 15.6 Å². The highest BCUT2D eigenvalue weighted by molar-refractivity contribution is 5.93. The van der Waals surface area contributed by atoms with Gasteiger partial charge in [-0.25, -0.2) is 0 Å². The maximum atomic E-state index is 11.5. The van der Waals surface area contributed by atoms with Crippen molar-refractivity contribution in [2.24, 2.45) is 5.92 Å². The molecule has 1 atom stereocenters. The summed E-state index contributed by atoms with van der Waals surface area (Å²) in [6.07, 6.45) is 4.63. The lowest BCUT2D eigenvalue weighted by Crippen LogP contribution is -2.29. The minimum absolute atomic E-state index is 0.0122. The third-order valence-electron chi connectivity index (χ3n) is 2.57. The molecule has 2 heterocycles. The number of carbonyl (C=O) groups excluding carboxylic acids is 1. The molecule has 0 aliphatic carbocycles. The van der Waals surface area contributed by atoms with Gasteiger partial charge in [-0.15, -0.1) is 0 Å². The molecule has 2 rings (SSSR count). The number of aromatic nitrogens is 1. The fourth-order valence-electron chi connectivity index (χ4n) is 1.69. The van der Waals surface area contributed by atoms with Gasteiger partial charge in [-0.05, 0) is 31.5 Å². The standard InChI is InChI=1S/C10H15N3O/c14-10(9-2-4-12-7-9)13-6-8-1-3-11-5-8/h2,4,7-8,11-12H,1,3,5-6H2,(H,13,14). The monoisotopic (exact) mass is 193 g/mol. The van der Waals surface area contributed by atoms with E-state index in [1.807, 2.05) is 0 Å². The van der Waals surface area contributed by atoms with Crippen LogP contribution in [0.25, 0.3) is 0 Å². The van der Waals surface area contributed by atoms with E-state index in [4.69, 9.17) is 0 Å². The van der Waals surface area contributed by atoms with E-state index in [0.717, 1.165) is 26.1 Å². The Hall–Kier alpha value is -1.29. The zero-order valence-electron chi connectivity index (χ0n) is 8.05. The third-order valence-corrected chi connectivity index (χ3v) is 2.57. The van der Waals surface area contributed by atoms with Gasteiger partial charge in [0.2, 0.25) is 0 Å². The fourth-order valence-corrected chi connectivity index (χ4v) is 1.69. The van der Waals surface area contributed by atoms with E-state index < -0.39 is 0 Å². The van der Waals surface area contributed by atoms with Crippen molar-refractivity contribution in [3.05, 3.63) is 24.0 Å². The smallest absolute Gasteiger partial charge is 0.252 e. The number of aromatic amines is 1. The van der Waals surface area contributed by atoms with Crippen LogP contribution in [0.1, 0.15) is 16.8 Å². The lowest BCUT2D eigenvalue weighted by Gasteiger charge is -2.08. The Morgan fingerprint density at radius 2 is 2.57 bits per heavy atom. The summed E-state index contributed by atoms with van der Waals surface area (Å²) in [4.78, 5) is 14.4. The Kier molecular flexibility index (Phi) is 2.84. The molecule has 1 aromatic heterocycles. The minimum Gasteiger partial charge on any atom is -0.367 e. The fraction of sp³-hybridized carbons (Fsp3) is 0.500. The molecule has 1 amide bonds. The average molecular weight is 193 g/mol. The third kappa shape index (κ3) is 2.14. The van der Waals surface area contributed by atoms with Crippen molar-refractivity contribution in [1.82, 2.24) is 15.6 Å². The van der Waals surface area contributed by atoms with Gasteiger partial charge in [-0.2, -0.15) is 0 Å². The highest BCUT2D eigenvalue weighted by atomic mass is 16.1. The van der Waals surface area contributed by atoms with E-state index in [-0.39, 0.29) is 5.91 Å². The lowest BCUT2D eigenvalue weighted by atomic mass is 10.1. The van der Waals surface area contributed by atoms with Crippen LogP contribution in [0.4, 0.5) is 0 Å². The van der Waals surface area contributed by atoms with Crippen LogP contribution in [0.5, 0.6) is 0 Å². The van der Waals surface area contributed by atoms with Gasteiger partial charge in [0, 0.05) is 18.9 Å². The second-order valence-electron chi connectivity index (χ2n) is 3.67. The van der Waals surface area contributed by atoms with Crippen LogP contribution in [0.15, 0.2) is 18.5 Å². The van der Waals surface area contributed by atoms with Crippen molar-refractivity contribution in [1.29, 1.82) is 0 Å².